The normalized spacial score (nSPS) is 17.9. The predicted octanol–water partition coefficient (Wildman–Crippen LogP) is 3.77. The molecule has 0 spiro atoms. The number of rotatable bonds is 1. The van der Waals surface area contributed by atoms with Gasteiger partial charge < -0.3 is 4.90 Å². The number of hydrogen-bond donors (Lipinski definition) is 0. The van der Waals surface area contributed by atoms with Crippen molar-refractivity contribution in [1.29, 1.82) is 0 Å². The number of nitrogens with zero attached hydrogens (tertiary/aromatic N) is 3. The van der Waals surface area contributed by atoms with Crippen LogP contribution in [0.1, 0.15) is 12.5 Å². The summed E-state index contributed by atoms with van der Waals surface area (Å²) in [5.74, 6) is 1.03. The number of aromatic nitrogens is 2. The van der Waals surface area contributed by atoms with Crippen molar-refractivity contribution >= 4 is 33.1 Å². The molecule has 3 nitrogen and oxygen atoms in total. The maximum Gasteiger partial charge on any atom is 0.145 e. The predicted molar refractivity (Wildman–Crippen MR) is 79.2 cm³/mol. The molecule has 1 aliphatic heterocycles. The monoisotopic (exact) mass is 267 g/mol. The minimum absolute atomic E-state index is 0.440. The Balaban J connectivity index is 1.95. The minimum Gasteiger partial charge on any atom is -0.322 e. The molecule has 0 N–H and O–H groups in total. The lowest BCUT2D eigenvalue weighted by Crippen LogP contribution is -2.24. The van der Waals surface area contributed by atoms with E-state index in [0.29, 0.717) is 6.04 Å². The van der Waals surface area contributed by atoms with E-state index in [9.17, 15) is 0 Å². The highest BCUT2D eigenvalue weighted by atomic mass is 32.1. The number of para-hydroxylation sites is 1. The zero-order valence-electron chi connectivity index (χ0n) is 10.6. The second-order valence-corrected chi connectivity index (χ2v) is 5.78. The fourth-order valence-corrected chi connectivity index (χ4v) is 3.58. The Morgan fingerprint density at radius 1 is 1.21 bits per heavy atom. The molecule has 3 aromatic rings. The van der Waals surface area contributed by atoms with Crippen molar-refractivity contribution in [3.63, 3.8) is 0 Å². The van der Waals surface area contributed by atoms with Crippen LogP contribution >= 0.6 is 11.3 Å². The molecule has 0 bridgehead atoms. The number of fused-ring (bicyclic) bond motifs is 2. The first kappa shape index (κ1) is 10.9. The molecular weight excluding hydrogens is 254 g/mol. The molecular formula is C15H13N3S. The summed E-state index contributed by atoms with van der Waals surface area (Å²) in [4.78, 5) is 12.3. The van der Waals surface area contributed by atoms with Crippen LogP contribution in [0.3, 0.4) is 0 Å². The van der Waals surface area contributed by atoms with Gasteiger partial charge in [-0.3, -0.25) is 0 Å². The van der Waals surface area contributed by atoms with Crippen molar-refractivity contribution in [1.82, 2.24) is 9.97 Å². The van der Waals surface area contributed by atoms with Gasteiger partial charge in [-0.15, -0.1) is 11.3 Å². The maximum absolute atomic E-state index is 4.53. The van der Waals surface area contributed by atoms with E-state index in [-0.39, 0.29) is 0 Å². The van der Waals surface area contributed by atoms with Crippen LogP contribution < -0.4 is 4.90 Å². The van der Waals surface area contributed by atoms with Gasteiger partial charge in [0.15, 0.2) is 0 Å². The Morgan fingerprint density at radius 2 is 2.11 bits per heavy atom. The van der Waals surface area contributed by atoms with Crippen LogP contribution in [-0.4, -0.2) is 16.0 Å². The maximum atomic E-state index is 4.53. The molecule has 0 fully saturated rings. The van der Waals surface area contributed by atoms with Gasteiger partial charge in [-0.05, 0) is 36.4 Å². The smallest absolute Gasteiger partial charge is 0.145 e. The number of benzene rings is 1. The van der Waals surface area contributed by atoms with Gasteiger partial charge in [-0.1, -0.05) is 18.2 Å². The first-order chi connectivity index (χ1) is 9.34. The third kappa shape index (κ3) is 1.56. The fraction of sp³-hybridized carbons (Fsp3) is 0.200. The zero-order valence-corrected chi connectivity index (χ0v) is 11.4. The van der Waals surface area contributed by atoms with Gasteiger partial charge in [0.25, 0.3) is 0 Å². The van der Waals surface area contributed by atoms with Gasteiger partial charge in [0.2, 0.25) is 0 Å². The molecule has 94 valence electrons. The molecule has 4 rings (SSSR count). The van der Waals surface area contributed by atoms with Gasteiger partial charge in [0.05, 0.1) is 5.39 Å². The Hall–Kier alpha value is -1.94. The van der Waals surface area contributed by atoms with Crippen molar-refractivity contribution in [3.05, 3.63) is 47.6 Å². The van der Waals surface area contributed by atoms with Gasteiger partial charge >= 0.3 is 0 Å². The summed E-state index contributed by atoms with van der Waals surface area (Å²) >= 11 is 1.67. The van der Waals surface area contributed by atoms with E-state index in [2.05, 4.69) is 57.5 Å². The third-order valence-electron chi connectivity index (χ3n) is 3.68. The van der Waals surface area contributed by atoms with E-state index >= 15 is 0 Å². The number of hydrogen-bond acceptors (Lipinski definition) is 4. The van der Waals surface area contributed by atoms with E-state index in [4.69, 9.17) is 0 Å². The summed E-state index contributed by atoms with van der Waals surface area (Å²) in [5, 5.41) is 3.23. The molecule has 1 aromatic carbocycles. The van der Waals surface area contributed by atoms with Gasteiger partial charge in [-0.2, -0.15) is 0 Å². The molecule has 3 heterocycles. The molecule has 0 saturated heterocycles. The Labute approximate surface area is 115 Å². The average Bonchev–Trinajstić information content (AvgIpc) is 3.01. The van der Waals surface area contributed by atoms with Crippen LogP contribution in [0.25, 0.3) is 10.2 Å². The van der Waals surface area contributed by atoms with E-state index < -0.39 is 0 Å². The van der Waals surface area contributed by atoms with Crippen molar-refractivity contribution < 1.29 is 0 Å². The highest BCUT2D eigenvalue weighted by Gasteiger charge is 2.28. The van der Waals surface area contributed by atoms with Gasteiger partial charge in [0, 0.05) is 11.7 Å². The van der Waals surface area contributed by atoms with Gasteiger partial charge in [-0.25, -0.2) is 9.97 Å². The van der Waals surface area contributed by atoms with Crippen LogP contribution in [0, 0.1) is 0 Å². The summed E-state index contributed by atoms with van der Waals surface area (Å²) in [6.45, 7) is 2.25. The summed E-state index contributed by atoms with van der Waals surface area (Å²) in [6.07, 6.45) is 2.74. The molecule has 0 amide bonds. The first-order valence-electron chi connectivity index (χ1n) is 6.40. The minimum atomic E-state index is 0.440. The quantitative estimate of drug-likeness (QED) is 0.672. The highest BCUT2D eigenvalue weighted by Crippen LogP contribution is 2.40. The highest BCUT2D eigenvalue weighted by molar-refractivity contribution is 7.16. The SMILES string of the molecule is CC1Cc2ccccc2N1c1ncnc2sccc12. The standard InChI is InChI=1S/C15H13N3S/c1-10-8-11-4-2-3-5-13(11)18(10)14-12-6-7-19-15(12)17-9-16-14/h2-7,9-10H,8H2,1H3. The van der Waals surface area contributed by atoms with Crippen molar-refractivity contribution in [2.75, 3.05) is 4.90 Å². The van der Waals surface area contributed by atoms with Gasteiger partial charge in [0.1, 0.15) is 17.0 Å². The summed E-state index contributed by atoms with van der Waals surface area (Å²) in [7, 11) is 0. The Bertz CT molecular complexity index is 750. The molecule has 4 heteroatoms. The van der Waals surface area contributed by atoms with Crippen molar-refractivity contribution in [2.45, 2.75) is 19.4 Å². The molecule has 1 atom stereocenters. The Morgan fingerprint density at radius 3 is 3.05 bits per heavy atom. The first-order valence-corrected chi connectivity index (χ1v) is 7.28. The molecule has 0 saturated carbocycles. The number of thiophene rings is 1. The van der Waals surface area contributed by atoms with Crippen LogP contribution in [0.5, 0.6) is 0 Å². The van der Waals surface area contributed by atoms with Crippen molar-refractivity contribution in [3.8, 4) is 0 Å². The Kier molecular flexibility index (Phi) is 2.32. The second kappa shape index (κ2) is 4.03. The topological polar surface area (TPSA) is 29.0 Å². The summed E-state index contributed by atoms with van der Waals surface area (Å²) < 4.78 is 0. The third-order valence-corrected chi connectivity index (χ3v) is 4.50. The second-order valence-electron chi connectivity index (χ2n) is 4.89. The lowest BCUT2D eigenvalue weighted by molar-refractivity contribution is 0.752. The average molecular weight is 267 g/mol. The van der Waals surface area contributed by atoms with Crippen LogP contribution in [0.15, 0.2) is 42.0 Å². The van der Waals surface area contributed by atoms with E-state index in [1.54, 1.807) is 17.7 Å². The molecule has 0 aliphatic carbocycles. The largest absolute Gasteiger partial charge is 0.322 e. The van der Waals surface area contributed by atoms with Crippen LogP contribution in [0.2, 0.25) is 0 Å². The van der Waals surface area contributed by atoms with Crippen LogP contribution in [0.4, 0.5) is 11.5 Å². The number of anilines is 2. The van der Waals surface area contributed by atoms with E-state index in [0.717, 1.165) is 22.5 Å². The summed E-state index contributed by atoms with van der Waals surface area (Å²) in [6, 6.07) is 11.1. The summed E-state index contributed by atoms with van der Waals surface area (Å²) in [5.41, 5.74) is 2.68. The van der Waals surface area contributed by atoms with Crippen molar-refractivity contribution in [2.24, 2.45) is 0 Å². The fourth-order valence-electron chi connectivity index (χ4n) is 2.86. The molecule has 0 radical (unpaired) electrons. The molecule has 2 aromatic heterocycles. The van der Waals surface area contributed by atoms with E-state index in [1.165, 1.54) is 11.3 Å². The van der Waals surface area contributed by atoms with Crippen LogP contribution in [-0.2, 0) is 6.42 Å². The lowest BCUT2D eigenvalue weighted by atomic mass is 10.1. The van der Waals surface area contributed by atoms with E-state index in [1.807, 2.05) is 0 Å². The zero-order chi connectivity index (χ0) is 12.8. The molecule has 1 unspecified atom stereocenters. The molecule has 19 heavy (non-hydrogen) atoms. The molecule has 1 aliphatic rings. The lowest BCUT2D eigenvalue weighted by Gasteiger charge is -2.24.